The molecule has 0 amide bonds. The molecule has 0 saturated heterocycles. The summed E-state index contributed by atoms with van der Waals surface area (Å²) in [5.74, 6) is 0. The van der Waals surface area contributed by atoms with Gasteiger partial charge in [0, 0.05) is 5.56 Å². The molecule has 0 aliphatic heterocycles. The van der Waals surface area contributed by atoms with Crippen molar-refractivity contribution in [3.05, 3.63) is 34.9 Å². The van der Waals surface area contributed by atoms with Gasteiger partial charge in [-0.3, -0.25) is 4.79 Å². The minimum Gasteiger partial charge on any atom is -0.298 e. The van der Waals surface area contributed by atoms with Crippen LogP contribution >= 0.6 is 0 Å². The minimum atomic E-state index is 0.844. The van der Waals surface area contributed by atoms with Crippen LogP contribution < -0.4 is 0 Å². The molecule has 12 heavy (non-hydrogen) atoms. The van der Waals surface area contributed by atoms with Gasteiger partial charge in [-0.05, 0) is 30.0 Å². The molecule has 1 rings (SSSR count). The molecule has 1 aromatic rings. The predicted molar refractivity (Wildman–Crippen MR) is 50.6 cm³/mol. The van der Waals surface area contributed by atoms with Crippen LogP contribution in [-0.2, 0) is 12.8 Å². The van der Waals surface area contributed by atoms with Gasteiger partial charge in [-0.2, -0.15) is 0 Å². The smallest absolute Gasteiger partial charge is 0.150 e. The molecule has 1 aromatic carbocycles. The summed E-state index contributed by atoms with van der Waals surface area (Å²) < 4.78 is 0. The Morgan fingerprint density at radius 1 is 1.25 bits per heavy atom. The fraction of sp³-hybridized carbons (Fsp3) is 0.364. The Labute approximate surface area is 73.4 Å². The van der Waals surface area contributed by atoms with Gasteiger partial charge in [0.1, 0.15) is 6.29 Å². The molecular weight excluding hydrogens is 148 g/mol. The SMILES string of the molecule is CCc1ccc(CC)c(C=O)c1. The maximum Gasteiger partial charge on any atom is 0.150 e. The number of hydrogen-bond acceptors (Lipinski definition) is 1. The van der Waals surface area contributed by atoms with Gasteiger partial charge >= 0.3 is 0 Å². The van der Waals surface area contributed by atoms with E-state index in [0.29, 0.717) is 0 Å². The van der Waals surface area contributed by atoms with Crippen LogP contribution in [0.15, 0.2) is 18.2 Å². The van der Waals surface area contributed by atoms with Crippen molar-refractivity contribution in [3.63, 3.8) is 0 Å². The summed E-state index contributed by atoms with van der Waals surface area (Å²) in [7, 11) is 0. The average molecular weight is 162 g/mol. The van der Waals surface area contributed by atoms with E-state index in [1.807, 2.05) is 12.1 Å². The Balaban J connectivity index is 3.10. The molecule has 0 aliphatic carbocycles. The Kier molecular flexibility index (Phi) is 3.03. The van der Waals surface area contributed by atoms with Gasteiger partial charge in [-0.25, -0.2) is 0 Å². The van der Waals surface area contributed by atoms with Crippen molar-refractivity contribution < 1.29 is 4.79 Å². The first-order chi connectivity index (χ1) is 5.81. The topological polar surface area (TPSA) is 17.1 Å². The van der Waals surface area contributed by atoms with Crippen molar-refractivity contribution in [2.75, 3.05) is 0 Å². The highest BCUT2D eigenvalue weighted by atomic mass is 16.1. The van der Waals surface area contributed by atoms with Gasteiger partial charge in [-0.15, -0.1) is 0 Å². The number of aryl methyl sites for hydroxylation is 2. The number of hydrogen-bond donors (Lipinski definition) is 0. The molecule has 1 nitrogen and oxygen atoms in total. The summed E-state index contributed by atoms with van der Waals surface area (Å²) in [6.07, 6.45) is 2.86. The van der Waals surface area contributed by atoms with Crippen molar-refractivity contribution in [3.8, 4) is 0 Å². The molecule has 0 heterocycles. The lowest BCUT2D eigenvalue weighted by molar-refractivity contribution is 0.112. The zero-order chi connectivity index (χ0) is 8.97. The van der Waals surface area contributed by atoms with Crippen LogP contribution in [0.5, 0.6) is 0 Å². The Bertz CT molecular complexity index is 276. The number of aldehydes is 1. The summed E-state index contributed by atoms with van der Waals surface area (Å²) in [5, 5.41) is 0. The van der Waals surface area contributed by atoms with Crippen molar-refractivity contribution in [1.82, 2.24) is 0 Å². The molecule has 0 radical (unpaired) electrons. The van der Waals surface area contributed by atoms with E-state index in [2.05, 4.69) is 19.9 Å². The van der Waals surface area contributed by atoms with E-state index in [9.17, 15) is 4.79 Å². The summed E-state index contributed by atoms with van der Waals surface area (Å²) in [6.45, 7) is 4.16. The van der Waals surface area contributed by atoms with E-state index in [1.54, 1.807) is 0 Å². The fourth-order valence-corrected chi connectivity index (χ4v) is 1.30. The molecule has 0 spiro atoms. The normalized spacial score (nSPS) is 9.83. The molecule has 0 saturated carbocycles. The predicted octanol–water partition coefficient (Wildman–Crippen LogP) is 2.62. The van der Waals surface area contributed by atoms with Crippen LogP contribution in [0.25, 0.3) is 0 Å². The fourth-order valence-electron chi connectivity index (χ4n) is 1.30. The molecule has 64 valence electrons. The Morgan fingerprint density at radius 3 is 2.50 bits per heavy atom. The van der Waals surface area contributed by atoms with E-state index in [-0.39, 0.29) is 0 Å². The molecular formula is C11H14O. The van der Waals surface area contributed by atoms with Gasteiger partial charge in [0.2, 0.25) is 0 Å². The van der Waals surface area contributed by atoms with Gasteiger partial charge in [0.05, 0.1) is 0 Å². The molecule has 0 atom stereocenters. The van der Waals surface area contributed by atoms with Crippen molar-refractivity contribution >= 4 is 6.29 Å². The van der Waals surface area contributed by atoms with E-state index in [4.69, 9.17) is 0 Å². The monoisotopic (exact) mass is 162 g/mol. The quantitative estimate of drug-likeness (QED) is 0.624. The lowest BCUT2D eigenvalue weighted by Crippen LogP contribution is -1.92. The molecule has 0 fully saturated rings. The van der Waals surface area contributed by atoms with Gasteiger partial charge in [-0.1, -0.05) is 26.0 Å². The van der Waals surface area contributed by atoms with Crippen LogP contribution in [0.2, 0.25) is 0 Å². The highest BCUT2D eigenvalue weighted by Gasteiger charge is 1.99. The summed E-state index contributed by atoms with van der Waals surface area (Å²) in [5.41, 5.74) is 3.22. The first-order valence-electron chi connectivity index (χ1n) is 4.38. The Hall–Kier alpha value is -1.11. The number of carbonyl (C=O) groups is 1. The first kappa shape index (κ1) is 8.98. The van der Waals surface area contributed by atoms with E-state index in [1.165, 1.54) is 5.56 Å². The second-order valence-electron chi connectivity index (χ2n) is 2.86. The number of carbonyl (C=O) groups excluding carboxylic acids is 1. The molecule has 1 heteroatoms. The largest absolute Gasteiger partial charge is 0.298 e. The third-order valence-corrected chi connectivity index (χ3v) is 2.13. The second kappa shape index (κ2) is 4.05. The van der Waals surface area contributed by atoms with Crippen molar-refractivity contribution in [1.29, 1.82) is 0 Å². The third kappa shape index (κ3) is 1.73. The van der Waals surface area contributed by atoms with Crippen LogP contribution in [0, 0.1) is 0 Å². The van der Waals surface area contributed by atoms with Crippen LogP contribution in [-0.4, -0.2) is 6.29 Å². The highest BCUT2D eigenvalue weighted by Crippen LogP contribution is 2.11. The van der Waals surface area contributed by atoms with Crippen LogP contribution in [0.3, 0.4) is 0 Å². The summed E-state index contributed by atoms with van der Waals surface area (Å²) in [4.78, 5) is 10.7. The average Bonchev–Trinajstić information content (AvgIpc) is 2.16. The van der Waals surface area contributed by atoms with E-state index in [0.717, 1.165) is 30.3 Å². The van der Waals surface area contributed by atoms with E-state index < -0.39 is 0 Å². The first-order valence-corrected chi connectivity index (χ1v) is 4.38. The van der Waals surface area contributed by atoms with Crippen LogP contribution in [0.4, 0.5) is 0 Å². The van der Waals surface area contributed by atoms with Crippen molar-refractivity contribution in [2.24, 2.45) is 0 Å². The molecule has 0 N–H and O–H groups in total. The lowest BCUT2D eigenvalue weighted by Gasteiger charge is -2.03. The maximum atomic E-state index is 10.7. The zero-order valence-corrected chi connectivity index (χ0v) is 7.63. The molecule has 0 bridgehead atoms. The number of benzene rings is 1. The standard InChI is InChI=1S/C11H14O/c1-3-9-5-6-10(4-2)11(7-9)8-12/h5-8H,3-4H2,1-2H3. The number of rotatable bonds is 3. The zero-order valence-electron chi connectivity index (χ0n) is 7.63. The lowest BCUT2D eigenvalue weighted by atomic mass is 10.0. The molecule has 0 aliphatic rings. The van der Waals surface area contributed by atoms with Gasteiger partial charge < -0.3 is 0 Å². The van der Waals surface area contributed by atoms with E-state index >= 15 is 0 Å². The molecule has 0 aromatic heterocycles. The maximum absolute atomic E-state index is 10.7. The van der Waals surface area contributed by atoms with Gasteiger partial charge in [0.15, 0.2) is 0 Å². The van der Waals surface area contributed by atoms with Gasteiger partial charge in [0.25, 0.3) is 0 Å². The minimum absolute atomic E-state index is 0.844. The highest BCUT2D eigenvalue weighted by molar-refractivity contribution is 5.77. The van der Waals surface area contributed by atoms with Crippen molar-refractivity contribution in [2.45, 2.75) is 26.7 Å². The summed E-state index contributed by atoms with van der Waals surface area (Å²) >= 11 is 0. The second-order valence-corrected chi connectivity index (χ2v) is 2.86. The summed E-state index contributed by atoms with van der Waals surface area (Å²) in [6, 6.07) is 6.11. The third-order valence-electron chi connectivity index (χ3n) is 2.13. The molecule has 0 unspecified atom stereocenters. The van der Waals surface area contributed by atoms with Crippen LogP contribution in [0.1, 0.15) is 35.3 Å². The Morgan fingerprint density at radius 2 is 2.00 bits per heavy atom.